The van der Waals surface area contributed by atoms with E-state index in [1.165, 1.54) is 0 Å². The van der Waals surface area contributed by atoms with Crippen LogP contribution in [0.3, 0.4) is 0 Å². The number of aromatic nitrogens is 2. The topological polar surface area (TPSA) is 37.5 Å². The van der Waals surface area contributed by atoms with Crippen molar-refractivity contribution in [1.29, 1.82) is 0 Å². The molecule has 0 aliphatic heterocycles. The van der Waals surface area contributed by atoms with Crippen molar-refractivity contribution in [3.8, 4) is 0 Å². The number of aliphatic hydroxyl groups is 1. The predicted octanol–water partition coefficient (Wildman–Crippen LogP) is 3.76. The standard InChI is InChI=1S/C15H24N2OS/c1-11(2)7-15(18,8-12(3)4)9-13-10-17-5-6-19-14(17)16-13/h5-6,10-12,18H,7-9H2,1-4H3. The highest BCUT2D eigenvalue weighted by Crippen LogP contribution is 2.29. The number of imidazole rings is 1. The minimum absolute atomic E-state index is 0.493. The van der Waals surface area contributed by atoms with Gasteiger partial charge in [0.2, 0.25) is 0 Å². The van der Waals surface area contributed by atoms with Crippen LogP contribution >= 0.6 is 11.3 Å². The Labute approximate surface area is 119 Å². The molecule has 2 rings (SSSR count). The van der Waals surface area contributed by atoms with Crippen molar-refractivity contribution in [2.75, 3.05) is 0 Å². The van der Waals surface area contributed by atoms with E-state index in [2.05, 4.69) is 32.7 Å². The second kappa shape index (κ2) is 5.63. The molecular weight excluding hydrogens is 256 g/mol. The molecule has 0 atom stereocenters. The van der Waals surface area contributed by atoms with Gasteiger partial charge in [-0.1, -0.05) is 27.7 Å². The summed E-state index contributed by atoms with van der Waals surface area (Å²) in [6, 6.07) is 0. The number of hydrogen-bond donors (Lipinski definition) is 1. The van der Waals surface area contributed by atoms with E-state index in [0.29, 0.717) is 18.3 Å². The highest BCUT2D eigenvalue weighted by Gasteiger charge is 2.30. The maximum atomic E-state index is 10.9. The first-order valence-corrected chi connectivity index (χ1v) is 7.89. The molecule has 2 heterocycles. The van der Waals surface area contributed by atoms with Crippen LogP contribution in [0, 0.1) is 11.8 Å². The van der Waals surface area contributed by atoms with Gasteiger partial charge in [0.05, 0.1) is 11.3 Å². The minimum atomic E-state index is -0.633. The molecule has 2 aromatic heterocycles. The molecule has 0 aromatic carbocycles. The van der Waals surface area contributed by atoms with E-state index in [1.54, 1.807) is 11.3 Å². The SMILES string of the molecule is CC(C)CC(O)(Cc1cn2ccsc2n1)CC(C)C. The number of rotatable bonds is 6. The molecule has 0 aliphatic carbocycles. The lowest BCUT2D eigenvalue weighted by Crippen LogP contribution is -2.35. The molecular formula is C15H24N2OS. The van der Waals surface area contributed by atoms with Gasteiger partial charge in [-0.05, 0) is 24.7 Å². The Balaban J connectivity index is 2.16. The van der Waals surface area contributed by atoms with Gasteiger partial charge in [0, 0.05) is 24.2 Å². The summed E-state index contributed by atoms with van der Waals surface area (Å²) in [5, 5.41) is 13.0. The molecule has 3 nitrogen and oxygen atoms in total. The quantitative estimate of drug-likeness (QED) is 0.874. The van der Waals surface area contributed by atoms with Crippen molar-refractivity contribution in [1.82, 2.24) is 9.38 Å². The molecule has 1 N–H and O–H groups in total. The summed E-state index contributed by atoms with van der Waals surface area (Å²) < 4.78 is 2.03. The normalized spacial score (nSPS) is 13.0. The number of nitrogens with zero attached hydrogens (tertiary/aromatic N) is 2. The van der Waals surface area contributed by atoms with E-state index in [-0.39, 0.29) is 0 Å². The number of hydrogen-bond acceptors (Lipinski definition) is 3. The van der Waals surface area contributed by atoms with Crippen molar-refractivity contribution in [3.05, 3.63) is 23.5 Å². The summed E-state index contributed by atoms with van der Waals surface area (Å²) in [4.78, 5) is 5.60. The third-order valence-electron chi connectivity index (χ3n) is 3.23. The lowest BCUT2D eigenvalue weighted by molar-refractivity contribution is 0.0000394. The van der Waals surface area contributed by atoms with E-state index in [0.717, 1.165) is 23.5 Å². The second-order valence-electron chi connectivity index (χ2n) is 6.42. The molecule has 0 fully saturated rings. The minimum Gasteiger partial charge on any atom is -0.389 e. The Morgan fingerprint density at radius 1 is 1.26 bits per heavy atom. The van der Waals surface area contributed by atoms with E-state index >= 15 is 0 Å². The Kier molecular flexibility index (Phi) is 4.31. The lowest BCUT2D eigenvalue weighted by atomic mass is 9.82. The van der Waals surface area contributed by atoms with Gasteiger partial charge in [0.15, 0.2) is 4.96 Å². The molecule has 0 aliphatic rings. The first-order chi connectivity index (χ1) is 8.88. The summed E-state index contributed by atoms with van der Waals surface area (Å²) in [7, 11) is 0. The first kappa shape index (κ1) is 14.5. The molecule has 19 heavy (non-hydrogen) atoms. The maximum absolute atomic E-state index is 10.9. The van der Waals surface area contributed by atoms with E-state index in [1.807, 2.05) is 22.2 Å². The fraction of sp³-hybridized carbons (Fsp3) is 0.667. The molecule has 0 saturated carbocycles. The zero-order valence-electron chi connectivity index (χ0n) is 12.3. The van der Waals surface area contributed by atoms with Gasteiger partial charge in [-0.3, -0.25) is 4.40 Å². The Morgan fingerprint density at radius 3 is 2.42 bits per heavy atom. The Morgan fingerprint density at radius 2 is 1.89 bits per heavy atom. The summed E-state index contributed by atoms with van der Waals surface area (Å²) in [5.41, 5.74) is 0.363. The smallest absolute Gasteiger partial charge is 0.193 e. The van der Waals surface area contributed by atoms with Crippen molar-refractivity contribution < 1.29 is 5.11 Å². The molecule has 4 heteroatoms. The average Bonchev–Trinajstić information content (AvgIpc) is 2.73. The molecule has 0 radical (unpaired) electrons. The van der Waals surface area contributed by atoms with Crippen LogP contribution in [0.25, 0.3) is 4.96 Å². The van der Waals surface area contributed by atoms with Crippen molar-refractivity contribution in [2.24, 2.45) is 11.8 Å². The molecule has 0 spiro atoms. The summed E-state index contributed by atoms with van der Waals surface area (Å²) in [6.07, 6.45) is 6.36. The van der Waals surface area contributed by atoms with Crippen LogP contribution in [-0.2, 0) is 6.42 Å². The average molecular weight is 280 g/mol. The van der Waals surface area contributed by atoms with Gasteiger partial charge in [-0.25, -0.2) is 4.98 Å². The van der Waals surface area contributed by atoms with Gasteiger partial charge in [-0.15, -0.1) is 11.3 Å². The highest BCUT2D eigenvalue weighted by atomic mass is 32.1. The Bertz CT molecular complexity index is 488. The van der Waals surface area contributed by atoms with E-state index in [4.69, 9.17) is 0 Å². The summed E-state index contributed by atoms with van der Waals surface area (Å²) in [6.45, 7) is 8.65. The summed E-state index contributed by atoms with van der Waals surface area (Å²) >= 11 is 1.63. The van der Waals surface area contributed by atoms with Crippen LogP contribution in [0.4, 0.5) is 0 Å². The van der Waals surface area contributed by atoms with Crippen molar-refractivity contribution >= 4 is 16.3 Å². The zero-order chi connectivity index (χ0) is 14.0. The van der Waals surface area contributed by atoms with Gasteiger partial charge in [0.1, 0.15) is 0 Å². The molecule has 0 amide bonds. The molecule has 0 unspecified atom stereocenters. The Hall–Kier alpha value is -0.870. The fourth-order valence-electron chi connectivity index (χ4n) is 2.95. The van der Waals surface area contributed by atoms with E-state index < -0.39 is 5.60 Å². The van der Waals surface area contributed by atoms with Crippen LogP contribution in [0.5, 0.6) is 0 Å². The monoisotopic (exact) mass is 280 g/mol. The molecule has 106 valence electrons. The highest BCUT2D eigenvalue weighted by molar-refractivity contribution is 7.15. The molecule has 0 bridgehead atoms. The largest absolute Gasteiger partial charge is 0.389 e. The maximum Gasteiger partial charge on any atom is 0.193 e. The van der Waals surface area contributed by atoms with Gasteiger partial charge >= 0.3 is 0 Å². The van der Waals surface area contributed by atoms with Crippen LogP contribution in [0.2, 0.25) is 0 Å². The van der Waals surface area contributed by atoms with Crippen molar-refractivity contribution in [2.45, 2.75) is 52.6 Å². The van der Waals surface area contributed by atoms with Crippen LogP contribution in [0.15, 0.2) is 17.8 Å². The third-order valence-corrected chi connectivity index (χ3v) is 4.00. The van der Waals surface area contributed by atoms with Crippen LogP contribution in [-0.4, -0.2) is 20.1 Å². The number of thiazole rings is 1. The second-order valence-corrected chi connectivity index (χ2v) is 7.30. The molecule has 0 saturated heterocycles. The van der Waals surface area contributed by atoms with Crippen LogP contribution < -0.4 is 0 Å². The zero-order valence-corrected chi connectivity index (χ0v) is 13.1. The summed E-state index contributed by atoms with van der Waals surface area (Å²) in [5.74, 6) is 0.986. The van der Waals surface area contributed by atoms with Gasteiger partial charge < -0.3 is 5.11 Å². The predicted molar refractivity (Wildman–Crippen MR) is 80.6 cm³/mol. The van der Waals surface area contributed by atoms with E-state index in [9.17, 15) is 5.11 Å². The number of fused-ring (bicyclic) bond motifs is 1. The fourth-order valence-corrected chi connectivity index (χ4v) is 3.66. The first-order valence-electron chi connectivity index (χ1n) is 7.01. The van der Waals surface area contributed by atoms with Gasteiger partial charge in [0.25, 0.3) is 0 Å². The lowest BCUT2D eigenvalue weighted by Gasteiger charge is -2.31. The third kappa shape index (κ3) is 3.80. The molecule has 2 aromatic rings. The van der Waals surface area contributed by atoms with Crippen molar-refractivity contribution in [3.63, 3.8) is 0 Å². The van der Waals surface area contributed by atoms with Crippen LogP contribution in [0.1, 0.15) is 46.2 Å². The van der Waals surface area contributed by atoms with Gasteiger partial charge in [-0.2, -0.15) is 0 Å².